The van der Waals surface area contributed by atoms with Gasteiger partial charge >= 0.3 is 0 Å². The molecule has 2 atom stereocenters. The van der Waals surface area contributed by atoms with Crippen LogP contribution in [0.4, 0.5) is 5.82 Å². The number of pyridine rings is 1. The molecule has 1 fully saturated rings. The highest BCUT2D eigenvalue weighted by Crippen LogP contribution is 2.18. The zero-order chi connectivity index (χ0) is 11.7. The number of hydrogen-bond acceptors (Lipinski definition) is 5. The predicted molar refractivity (Wildman–Crippen MR) is 58.5 cm³/mol. The Bertz CT molecular complexity index is 381. The number of β-amino-alcohol motifs (C(OH)–C–C–N with tert-alkyl or cyclic N) is 2. The van der Waals surface area contributed by atoms with E-state index in [2.05, 4.69) is 4.98 Å². The first kappa shape index (κ1) is 11.0. The van der Waals surface area contributed by atoms with Crippen molar-refractivity contribution < 1.29 is 15.0 Å². The fourth-order valence-electron chi connectivity index (χ4n) is 1.74. The normalized spacial score (nSPS) is 24.8. The summed E-state index contributed by atoms with van der Waals surface area (Å²) in [6, 6.07) is 3.42. The van der Waals surface area contributed by atoms with Gasteiger partial charge in [0.25, 0.3) is 0 Å². The van der Waals surface area contributed by atoms with E-state index in [1.807, 2.05) is 0 Å². The summed E-state index contributed by atoms with van der Waals surface area (Å²) in [5.74, 6) is 0.640. The zero-order valence-corrected chi connectivity index (χ0v) is 9.00. The molecule has 0 amide bonds. The molecule has 0 bridgehead atoms. The van der Waals surface area contributed by atoms with E-state index < -0.39 is 12.2 Å². The Morgan fingerprint density at radius 3 is 2.44 bits per heavy atom. The molecule has 5 nitrogen and oxygen atoms in total. The van der Waals surface area contributed by atoms with E-state index in [-0.39, 0.29) is 5.78 Å². The second kappa shape index (κ2) is 4.19. The van der Waals surface area contributed by atoms with Crippen LogP contribution in [0.1, 0.15) is 17.3 Å². The van der Waals surface area contributed by atoms with Gasteiger partial charge in [-0.1, -0.05) is 0 Å². The van der Waals surface area contributed by atoms with E-state index >= 15 is 0 Å². The van der Waals surface area contributed by atoms with Crippen LogP contribution in [0.15, 0.2) is 18.3 Å². The largest absolute Gasteiger partial charge is 0.389 e. The van der Waals surface area contributed by atoms with Crippen LogP contribution in [0.3, 0.4) is 0 Å². The molecule has 2 N–H and O–H groups in total. The molecule has 1 aliphatic heterocycles. The summed E-state index contributed by atoms with van der Waals surface area (Å²) < 4.78 is 0. The molecule has 0 aliphatic carbocycles. The first-order valence-electron chi connectivity index (χ1n) is 5.16. The minimum absolute atomic E-state index is 0.0273. The second-order valence-corrected chi connectivity index (χ2v) is 4.00. The van der Waals surface area contributed by atoms with Crippen molar-refractivity contribution in [2.45, 2.75) is 19.1 Å². The maximum absolute atomic E-state index is 11.0. The first-order valence-corrected chi connectivity index (χ1v) is 5.16. The summed E-state index contributed by atoms with van der Waals surface area (Å²) in [6.45, 7) is 2.22. The molecule has 2 heterocycles. The van der Waals surface area contributed by atoms with Gasteiger partial charge in [-0.2, -0.15) is 0 Å². The maximum Gasteiger partial charge on any atom is 0.161 e. The number of hydrogen-bond donors (Lipinski definition) is 2. The van der Waals surface area contributed by atoms with Crippen molar-refractivity contribution in [3.63, 3.8) is 0 Å². The van der Waals surface area contributed by atoms with Crippen LogP contribution in [0.25, 0.3) is 0 Å². The van der Waals surface area contributed by atoms with E-state index in [4.69, 9.17) is 0 Å². The van der Waals surface area contributed by atoms with Crippen LogP contribution in [0, 0.1) is 0 Å². The molecule has 1 saturated heterocycles. The number of carbonyl (C=O) groups excluding carboxylic acids is 1. The van der Waals surface area contributed by atoms with Crippen LogP contribution >= 0.6 is 0 Å². The van der Waals surface area contributed by atoms with Crippen LogP contribution < -0.4 is 4.90 Å². The van der Waals surface area contributed by atoms with Crippen LogP contribution in [-0.2, 0) is 0 Å². The van der Waals surface area contributed by atoms with Crippen molar-refractivity contribution in [3.8, 4) is 0 Å². The first-order chi connectivity index (χ1) is 7.58. The van der Waals surface area contributed by atoms with Gasteiger partial charge in [-0.3, -0.25) is 4.79 Å². The summed E-state index contributed by atoms with van der Waals surface area (Å²) >= 11 is 0. The monoisotopic (exact) mass is 222 g/mol. The van der Waals surface area contributed by atoms with Crippen LogP contribution in [-0.4, -0.2) is 46.3 Å². The Kier molecular flexibility index (Phi) is 2.89. The number of anilines is 1. The Labute approximate surface area is 93.3 Å². The summed E-state index contributed by atoms with van der Waals surface area (Å²) in [7, 11) is 0. The number of ketones is 1. The summed E-state index contributed by atoms with van der Waals surface area (Å²) in [5, 5.41) is 18.8. The molecule has 86 valence electrons. The van der Waals surface area contributed by atoms with E-state index in [0.29, 0.717) is 24.5 Å². The van der Waals surface area contributed by atoms with Gasteiger partial charge < -0.3 is 15.1 Å². The Morgan fingerprint density at radius 1 is 1.38 bits per heavy atom. The number of aliphatic hydroxyl groups is 2. The second-order valence-electron chi connectivity index (χ2n) is 4.00. The number of aromatic nitrogens is 1. The van der Waals surface area contributed by atoms with Gasteiger partial charge in [0, 0.05) is 24.8 Å². The van der Waals surface area contributed by atoms with E-state index in [9.17, 15) is 15.0 Å². The molecular weight excluding hydrogens is 208 g/mol. The molecule has 5 heteroatoms. The number of rotatable bonds is 2. The predicted octanol–water partition coefficient (Wildman–Crippen LogP) is -0.174. The molecule has 0 aromatic carbocycles. The van der Waals surface area contributed by atoms with Crippen molar-refractivity contribution in [1.29, 1.82) is 0 Å². The van der Waals surface area contributed by atoms with Crippen molar-refractivity contribution >= 4 is 11.6 Å². The standard InChI is InChI=1S/C11H14N2O3/c1-7(14)8-2-3-11(12-4-8)13-5-9(15)10(16)6-13/h2-4,9-10,15-16H,5-6H2,1H3. The third-order valence-corrected chi connectivity index (χ3v) is 2.74. The third kappa shape index (κ3) is 2.05. The third-order valence-electron chi connectivity index (χ3n) is 2.74. The Morgan fingerprint density at radius 2 is 2.00 bits per heavy atom. The van der Waals surface area contributed by atoms with E-state index in [0.717, 1.165) is 0 Å². The van der Waals surface area contributed by atoms with Gasteiger partial charge in [0.15, 0.2) is 5.78 Å². The van der Waals surface area contributed by atoms with Gasteiger partial charge in [0.2, 0.25) is 0 Å². The molecule has 2 unspecified atom stereocenters. The summed E-state index contributed by atoms with van der Waals surface area (Å²) in [4.78, 5) is 17.0. The Balaban J connectivity index is 2.14. The van der Waals surface area contributed by atoms with E-state index in [1.165, 1.54) is 13.1 Å². The van der Waals surface area contributed by atoms with Crippen LogP contribution in [0.5, 0.6) is 0 Å². The maximum atomic E-state index is 11.0. The van der Waals surface area contributed by atoms with Crippen LogP contribution in [0.2, 0.25) is 0 Å². The van der Waals surface area contributed by atoms with Crippen molar-refractivity contribution in [1.82, 2.24) is 4.98 Å². The minimum Gasteiger partial charge on any atom is -0.389 e. The quantitative estimate of drug-likeness (QED) is 0.679. The fraction of sp³-hybridized carbons (Fsp3) is 0.455. The van der Waals surface area contributed by atoms with Crippen molar-refractivity contribution in [2.75, 3.05) is 18.0 Å². The highest BCUT2D eigenvalue weighted by atomic mass is 16.3. The molecule has 0 saturated carbocycles. The summed E-state index contributed by atoms with van der Waals surface area (Å²) in [5.41, 5.74) is 0.559. The highest BCUT2D eigenvalue weighted by Gasteiger charge is 2.30. The summed E-state index contributed by atoms with van der Waals surface area (Å²) in [6.07, 6.45) is 0.0536. The Hall–Kier alpha value is -1.46. The minimum atomic E-state index is -0.728. The smallest absolute Gasteiger partial charge is 0.161 e. The highest BCUT2D eigenvalue weighted by molar-refractivity contribution is 5.93. The lowest BCUT2D eigenvalue weighted by atomic mass is 10.2. The number of carbonyl (C=O) groups is 1. The molecule has 1 aromatic rings. The molecule has 16 heavy (non-hydrogen) atoms. The molecule has 0 radical (unpaired) electrons. The van der Waals surface area contributed by atoms with E-state index in [1.54, 1.807) is 17.0 Å². The molecule has 0 spiro atoms. The number of Topliss-reactive ketones (excluding diaryl/α,β-unsaturated/α-hetero) is 1. The molecule has 1 aliphatic rings. The fourth-order valence-corrected chi connectivity index (χ4v) is 1.74. The zero-order valence-electron chi connectivity index (χ0n) is 9.00. The SMILES string of the molecule is CC(=O)c1ccc(N2CC(O)C(O)C2)nc1. The average Bonchev–Trinajstić information content (AvgIpc) is 2.59. The lowest BCUT2D eigenvalue weighted by Gasteiger charge is -2.16. The van der Waals surface area contributed by atoms with Gasteiger partial charge in [-0.25, -0.2) is 4.98 Å². The topological polar surface area (TPSA) is 73.7 Å². The van der Waals surface area contributed by atoms with Gasteiger partial charge in [-0.05, 0) is 19.1 Å². The van der Waals surface area contributed by atoms with Gasteiger partial charge in [0.1, 0.15) is 5.82 Å². The van der Waals surface area contributed by atoms with Gasteiger partial charge in [-0.15, -0.1) is 0 Å². The molecular formula is C11H14N2O3. The van der Waals surface area contributed by atoms with Gasteiger partial charge in [0.05, 0.1) is 12.2 Å². The lowest BCUT2D eigenvalue weighted by molar-refractivity contribution is 0.0572. The molecule has 1 aromatic heterocycles. The molecule has 2 rings (SSSR count). The van der Waals surface area contributed by atoms with Crippen molar-refractivity contribution in [3.05, 3.63) is 23.9 Å². The van der Waals surface area contributed by atoms with Crippen molar-refractivity contribution in [2.24, 2.45) is 0 Å². The number of aliphatic hydroxyl groups excluding tert-OH is 2. The lowest BCUT2D eigenvalue weighted by Crippen LogP contribution is -2.22. The number of nitrogens with zero attached hydrogens (tertiary/aromatic N) is 2. The average molecular weight is 222 g/mol.